The Morgan fingerprint density at radius 2 is 2.14 bits per heavy atom. The minimum Gasteiger partial charge on any atom is -0.314 e. The molecule has 1 aliphatic rings. The van der Waals surface area contributed by atoms with Gasteiger partial charge in [-0.1, -0.05) is 0 Å². The third-order valence-electron chi connectivity index (χ3n) is 4.28. The third kappa shape index (κ3) is 4.48. The molecule has 1 atom stereocenters. The van der Waals surface area contributed by atoms with Crippen LogP contribution >= 0.6 is 0 Å². The lowest BCUT2D eigenvalue weighted by atomic mass is 10.2. The molecular weight excluding hydrogens is 304 g/mol. The van der Waals surface area contributed by atoms with Crippen molar-refractivity contribution in [2.75, 3.05) is 32.4 Å². The lowest BCUT2D eigenvalue weighted by Crippen LogP contribution is -2.36. The van der Waals surface area contributed by atoms with Crippen molar-refractivity contribution in [1.82, 2.24) is 24.6 Å². The quantitative estimate of drug-likeness (QED) is 0.717. The SMILES string of the molecule is CCn1c(C)nnc1CN(C)C1CCN(CCS(N)(=O)=O)C1. The zero-order valence-electron chi connectivity index (χ0n) is 13.6. The number of nitrogens with zero attached hydrogens (tertiary/aromatic N) is 5. The summed E-state index contributed by atoms with van der Waals surface area (Å²) in [5.41, 5.74) is 0. The van der Waals surface area contributed by atoms with Crippen LogP contribution in [-0.4, -0.2) is 71.5 Å². The number of primary sulfonamides is 1. The number of likely N-dealkylation sites (N-methyl/N-ethyl adjacent to an activating group) is 1. The number of hydrogen-bond acceptors (Lipinski definition) is 6. The Hall–Kier alpha value is -1.03. The molecular formula is C13H26N6O2S. The van der Waals surface area contributed by atoms with Gasteiger partial charge in [0.2, 0.25) is 10.0 Å². The molecule has 0 radical (unpaired) electrons. The van der Waals surface area contributed by atoms with Gasteiger partial charge in [0.1, 0.15) is 11.6 Å². The van der Waals surface area contributed by atoms with E-state index in [9.17, 15) is 8.42 Å². The van der Waals surface area contributed by atoms with Gasteiger partial charge in [-0.2, -0.15) is 0 Å². The first-order chi connectivity index (χ1) is 10.3. The van der Waals surface area contributed by atoms with Crippen molar-refractivity contribution in [3.8, 4) is 0 Å². The fourth-order valence-electron chi connectivity index (χ4n) is 2.94. The maximum atomic E-state index is 11.0. The van der Waals surface area contributed by atoms with E-state index in [2.05, 4.69) is 38.5 Å². The summed E-state index contributed by atoms with van der Waals surface area (Å²) in [6.07, 6.45) is 1.03. The van der Waals surface area contributed by atoms with E-state index < -0.39 is 10.0 Å². The molecule has 1 unspecified atom stereocenters. The van der Waals surface area contributed by atoms with Crippen LogP contribution in [0.15, 0.2) is 0 Å². The number of sulfonamides is 1. The number of rotatable bonds is 7. The lowest BCUT2D eigenvalue weighted by molar-refractivity contribution is 0.220. The van der Waals surface area contributed by atoms with Crippen LogP contribution in [-0.2, 0) is 23.1 Å². The normalized spacial score (nSPS) is 20.1. The van der Waals surface area contributed by atoms with Gasteiger partial charge in [-0.3, -0.25) is 4.90 Å². The van der Waals surface area contributed by atoms with Gasteiger partial charge in [0, 0.05) is 25.7 Å². The van der Waals surface area contributed by atoms with Crippen LogP contribution in [0.3, 0.4) is 0 Å². The van der Waals surface area contributed by atoms with Gasteiger partial charge in [-0.05, 0) is 33.9 Å². The molecule has 0 bridgehead atoms. The number of hydrogen-bond donors (Lipinski definition) is 1. The van der Waals surface area contributed by atoms with Crippen LogP contribution in [0.2, 0.25) is 0 Å². The maximum Gasteiger partial charge on any atom is 0.210 e. The summed E-state index contributed by atoms with van der Waals surface area (Å²) in [6, 6.07) is 0.405. The second-order valence-corrected chi connectivity index (χ2v) is 7.67. The lowest BCUT2D eigenvalue weighted by Gasteiger charge is -2.24. The van der Waals surface area contributed by atoms with Crippen molar-refractivity contribution >= 4 is 10.0 Å². The van der Waals surface area contributed by atoms with Crippen molar-refractivity contribution in [2.45, 2.75) is 39.4 Å². The molecule has 2 rings (SSSR count). The van der Waals surface area contributed by atoms with Gasteiger partial charge < -0.3 is 9.47 Å². The summed E-state index contributed by atoms with van der Waals surface area (Å²) in [5.74, 6) is 1.94. The van der Waals surface area contributed by atoms with E-state index in [0.29, 0.717) is 12.6 Å². The molecule has 0 amide bonds. The van der Waals surface area contributed by atoms with E-state index in [1.165, 1.54) is 0 Å². The van der Waals surface area contributed by atoms with Crippen LogP contribution < -0.4 is 5.14 Å². The first-order valence-corrected chi connectivity index (χ1v) is 9.33. The molecule has 22 heavy (non-hydrogen) atoms. The standard InChI is InChI=1S/C13H26N6O2S/c1-4-19-11(2)15-16-13(19)10-17(3)12-5-6-18(9-12)7-8-22(14,20)21/h12H,4-10H2,1-3H3,(H2,14,20,21). The molecule has 9 heteroatoms. The summed E-state index contributed by atoms with van der Waals surface area (Å²) in [4.78, 5) is 4.42. The summed E-state index contributed by atoms with van der Waals surface area (Å²) in [5, 5.41) is 13.4. The maximum absolute atomic E-state index is 11.0. The van der Waals surface area contributed by atoms with Crippen molar-refractivity contribution in [3.63, 3.8) is 0 Å². The van der Waals surface area contributed by atoms with E-state index in [0.717, 1.165) is 44.2 Å². The van der Waals surface area contributed by atoms with Crippen LogP contribution in [0.4, 0.5) is 0 Å². The summed E-state index contributed by atoms with van der Waals surface area (Å²) in [6.45, 7) is 7.95. The monoisotopic (exact) mass is 330 g/mol. The Kier molecular flexibility index (Phi) is 5.54. The molecule has 1 aromatic rings. The topological polar surface area (TPSA) is 97.3 Å². The zero-order chi connectivity index (χ0) is 16.3. The second-order valence-electron chi connectivity index (χ2n) is 5.93. The van der Waals surface area contributed by atoms with E-state index in [-0.39, 0.29) is 5.75 Å². The molecule has 1 saturated heterocycles. The second kappa shape index (κ2) is 7.03. The Labute approximate surface area is 132 Å². The average molecular weight is 330 g/mol. The zero-order valence-corrected chi connectivity index (χ0v) is 14.4. The molecule has 2 heterocycles. The summed E-state index contributed by atoms with van der Waals surface area (Å²) >= 11 is 0. The molecule has 2 N–H and O–H groups in total. The number of likely N-dealkylation sites (tertiary alicyclic amines) is 1. The highest BCUT2D eigenvalue weighted by Gasteiger charge is 2.27. The molecule has 8 nitrogen and oxygen atoms in total. The molecule has 1 aliphatic heterocycles. The molecule has 0 saturated carbocycles. The van der Waals surface area contributed by atoms with Gasteiger partial charge >= 0.3 is 0 Å². The van der Waals surface area contributed by atoms with Crippen LogP contribution in [0.5, 0.6) is 0 Å². The average Bonchev–Trinajstić information content (AvgIpc) is 3.03. The van der Waals surface area contributed by atoms with E-state index in [4.69, 9.17) is 5.14 Å². The molecule has 0 spiro atoms. The van der Waals surface area contributed by atoms with Gasteiger partial charge in [-0.25, -0.2) is 13.6 Å². The van der Waals surface area contributed by atoms with E-state index >= 15 is 0 Å². The van der Waals surface area contributed by atoms with Crippen LogP contribution in [0, 0.1) is 6.92 Å². The summed E-state index contributed by atoms with van der Waals surface area (Å²) in [7, 11) is -1.30. The Morgan fingerprint density at radius 3 is 2.77 bits per heavy atom. The number of aryl methyl sites for hydroxylation is 1. The smallest absolute Gasteiger partial charge is 0.210 e. The van der Waals surface area contributed by atoms with Crippen molar-refractivity contribution in [3.05, 3.63) is 11.6 Å². The highest BCUT2D eigenvalue weighted by Crippen LogP contribution is 2.16. The van der Waals surface area contributed by atoms with Crippen LogP contribution in [0.1, 0.15) is 25.0 Å². The number of aromatic nitrogens is 3. The van der Waals surface area contributed by atoms with Gasteiger partial charge in [-0.15, -0.1) is 10.2 Å². The predicted octanol–water partition coefficient (Wildman–Crippen LogP) is -0.599. The highest BCUT2D eigenvalue weighted by molar-refractivity contribution is 7.89. The Bertz CT molecular complexity index is 600. The van der Waals surface area contributed by atoms with Crippen molar-refractivity contribution < 1.29 is 8.42 Å². The van der Waals surface area contributed by atoms with Crippen molar-refractivity contribution in [2.24, 2.45) is 5.14 Å². The van der Waals surface area contributed by atoms with Crippen molar-refractivity contribution in [1.29, 1.82) is 0 Å². The molecule has 0 aromatic carbocycles. The Morgan fingerprint density at radius 1 is 1.41 bits per heavy atom. The summed E-state index contributed by atoms with van der Waals surface area (Å²) < 4.78 is 24.2. The largest absolute Gasteiger partial charge is 0.314 e. The van der Waals surface area contributed by atoms with E-state index in [1.807, 2.05) is 6.92 Å². The molecule has 0 aliphatic carbocycles. The Balaban J connectivity index is 1.87. The minimum absolute atomic E-state index is 0.0206. The van der Waals surface area contributed by atoms with Crippen LogP contribution in [0.25, 0.3) is 0 Å². The fourth-order valence-corrected chi connectivity index (χ4v) is 3.45. The molecule has 1 aromatic heterocycles. The van der Waals surface area contributed by atoms with Gasteiger partial charge in [0.25, 0.3) is 0 Å². The predicted molar refractivity (Wildman–Crippen MR) is 84.7 cm³/mol. The molecule has 1 fully saturated rings. The van der Waals surface area contributed by atoms with Gasteiger partial charge in [0.05, 0.1) is 12.3 Å². The minimum atomic E-state index is -3.38. The van der Waals surface area contributed by atoms with E-state index in [1.54, 1.807) is 0 Å². The van der Waals surface area contributed by atoms with Gasteiger partial charge in [0.15, 0.2) is 0 Å². The molecule has 126 valence electrons. The first kappa shape index (κ1) is 17.3. The number of nitrogens with two attached hydrogens (primary N) is 1. The highest BCUT2D eigenvalue weighted by atomic mass is 32.2. The first-order valence-electron chi connectivity index (χ1n) is 7.62. The third-order valence-corrected chi connectivity index (χ3v) is 5.03. The fraction of sp³-hybridized carbons (Fsp3) is 0.846.